The molecule has 0 aromatic heterocycles. The topological polar surface area (TPSA) is 133 Å². The van der Waals surface area contributed by atoms with Crippen molar-refractivity contribution >= 4 is 38.9 Å². The summed E-state index contributed by atoms with van der Waals surface area (Å²) in [6, 6.07) is 6.35. The van der Waals surface area contributed by atoms with Crippen LogP contribution in [0, 0.1) is 23.6 Å². The van der Waals surface area contributed by atoms with Crippen molar-refractivity contribution in [2.75, 3.05) is 11.9 Å². The summed E-state index contributed by atoms with van der Waals surface area (Å²) in [5, 5.41) is 24.9. The Labute approximate surface area is 241 Å². The Morgan fingerprint density at radius 3 is 2.49 bits per heavy atom. The summed E-state index contributed by atoms with van der Waals surface area (Å²) in [5.74, 6) is -3.36. The number of anilines is 1. The molecule has 0 saturated heterocycles. The number of hydrogen-bond donors (Lipinski definition) is 4. The number of carbonyl (C=O) groups is 2. The molecule has 13 heteroatoms. The molecule has 2 aromatic carbocycles. The third-order valence-electron chi connectivity index (χ3n) is 8.22. The standard InChI is InChI=1S/C28H32ClF3N2O6S/c1-14-7-17-9-19(11-21(14)28(17,38)12-25(36)33-13-15(2)35)41(39,40)24-8-16(3-5-22(24)29)27(37)34-18-4-6-23(30)20(10-18)26(31)32/h3-6,8,10,14-15,17,19,21,26,35,38H,7,9,11-13H2,1-2H3,(H,33,36)(H,34,37)/t14-,15-,17?,19+,21?,28+/m0/s1. The van der Waals surface area contributed by atoms with Crippen LogP contribution in [-0.2, 0) is 14.6 Å². The number of amides is 2. The van der Waals surface area contributed by atoms with Crippen LogP contribution in [0.5, 0.6) is 0 Å². The van der Waals surface area contributed by atoms with Crippen molar-refractivity contribution in [2.24, 2.45) is 17.8 Å². The van der Waals surface area contributed by atoms with E-state index in [0.29, 0.717) is 6.42 Å². The van der Waals surface area contributed by atoms with Crippen LogP contribution in [0.25, 0.3) is 0 Å². The van der Waals surface area contributed by atoms with Crippen molar-refractivity contribution in [2.45, 2.75) is 67.8 Å². The molecule has 2 aliphatic rings. The minimum Gasteiger partial charge on any atom is -0.392 e. The molecule has 41 heavy (non-hydrogen) atoms. The summed E-state index contributed by atoms with van der Waals surface area (Å²) in [7, 11) is -4.10. The predicted octanol–water partition coefficient (Wildman–Crippen LogP) is 4.50. The van der Waals surface area contributed by atoms with E-state index in [2.05, 4.69) is 10.6 Å². The summed E-state index contributed by atoms with van der Waals surface area (Å²) in [6.07, 6.45) is -3.35. The molecule has 2 bridgehead atoms. The number of carbonyl (C=O) groups excluding carboxylic acids is 2. The maximum atomic E-state index is 13.8. The van der Waals surface area contributed by atoms with Crippen molar-refractivity contribution in [1.82, 2.24) is 5.32 Å². The highest BCUT2D eigenvalue weighted by Gasteiger charge is 2.59. The molecule has 6 atom stereocenters. The van der Waals surface area contributed by atoms with Crippen molar-refractivity contribution in [3.05, 3.63) is 58.4 Å². The fraction of sp³-hybridized carbons (Fsp3) is 0.500. The van der Waals surface area contributed by atoms with Gasteiger partial charge in [0.05, 0.1) is 38.9 Å². The van der Waals surface area contributed by atoms with Gasteiger partial charge in [-0.2, -0.15) is 0 Å². The fourth-order valence-electron chi connectivity index (χ4n) is 6.19. The van der Waals surface area contributed by atoms with E-state index in [1.165, 1.54) is 19.1 Å². The SMILES string of the molecule is C[C@H](O)CNC(=O)C[C@@]1(O)C2C[C@@H](S(=O)(=O)c3cc(C(=O)Nc4ccc(F)c(C(F)F)c4)ccc3Cl)CC1[C@@H](C)C2. The molecule has 4 N–H and O–H groups in total. The van der Waals surface area contributed by atoms with E-state index in [4.69, 9.17) is 11.6 Å². The van der Waals surface area contributed by atoms with E-state index in [-0.39, 0.29) is 52.9 Å². The van der Waals surface area contributed by atoms with Gasteiger partial charge in [-0.1, -0.05) is 18.5 Å². The van der Waals surface area contributed by atoms with Gasteiger partial charge in [-0.05, 0) is 80.3 Å². The zero-order chi connectivity index (χ0) is 30.3. The molecule has 224 valence electrons. The second-order valence-corrected chi connectivity index (χ2v) is 13.7. The minimum atomic E-state index is -4.10. The molecule has 0 aliphatic heterocycles. The number of nitrogens with one attached hydrogen (secondary N) is 2. The summed E-state index contributed by atoms with van der Waals surface area (Å²) in [5.41, 5.74) is -2.48. The number of sulfone groups is 1. The Morgan fingerprint density at radius 1 is 1.15 bits per heavy atom. The summed E-state index contributed by atoms with van der Waals surface area (Å²) < 4.78 is 67.3. The highest BCUT2D eigenvalue weighted by atomic mass is 35.5. The van der Waals surface area contributed by atoms with Crippen LogP contribution in [0.15, 0.2) is 41.3 Å². The van der Waals surface area contributed by atoms with E-state index in [1.54, 1.807) is 0 Å². The van der Waals surface area contributed by atoms with Gasteiger partial charge in [0.25, 0.3) is 12.3 Å². The second kappa shape index (κ2) is 11.9. The highest BCUT2D eigenvalue weighted by molar-refractivity contribution is 7.92. The Morgan fingerprint density at radius 2 is 1.85 bits per heavy atom. The molecule has 4 rings (SSSR count). The van der Waals surface area contributed by atoms with Gasteiger partial charge >= 0.3 is 0 Å². The first-order chi connectivity index (χ1) is 19.1. The number of benzene rings is 2. The van der Waals surface area contributed by atoms with E-state index in [1.807, 2.05) is 6.92 Å². The maximum absolute atomic E-state index is 13.8. The molecule has 2 unspecified atom stereocenters. The fourth-order valence-corrected chi connectivity index (χ4v) is 8.57. The van der Waals surface area contributed by atoms with Crippen LogP contribution < -0.4 is 10.6 Å². The molecule has 0 spiro atoms. The van der Waals surface area contributed by atoms with Crippen molar-refractivity contribution < 1.29 is 41.4 Å². The molecule has 2 saturated carbocycles. The number of hydrogen-bond acceptors (Lipinski definition) is 6. The third-order valence-corrected chi connectivity index (χ3v) is 10.9. The number of alkyl halides is 2. The van der Waals surface area contributed by atoms with Gasteiger partial charge in [-0.15, -0.1) is 0 Å². The van der Waals surface area contributed by atoms with Gasteiger partial charge in [0.2, 0.25) is 5.91 Å². The minimum absolute atomic E-state index is 0.0355. The lowest BCUT2D eigenvalue weighted by Crippen LogP contribution is -2.51. The zero-order valence-corrected chi connectivity index (χ0v) is 24.0. The van der Waals surface area contributed by atoms with E-state index in [9.17, 15) is 41.4 Å². The van der Waals surface area contributed by atoms with Gasteiger partial charge in [0.15, 0.2) is 9.84 Å². The second-order valence-electron chi connectivity index (χ2n) is 11.1. The first kappa shape index (κ1) is 31.3. The maximum Gasteiger partial charge on any atom is 0.266 e. The van der Waals surface area contributed by atoms with Crippen LogP contribution in [0.1, 0.15) is 61.9 Å². The van der Waals surface area contributed by atoms with Crippen LogP contribution in [-0.4, -0.2) is 53.9 Å². The average Bonchev–Trinajstić information content (AvgIpc) is 3.01. The summed E-state index contributed by atoms with van der Waals surface area (Å²) in [4.78, 5) is 25.1. The third kappa shape index (κ3) is 6.40. The van der Waals surface area contributed by atoms with Crippen molar-refractivity contribution in [1.29, 1.82) is 0 Å². The first-order valence-corrected chi connectivity index (χ1v) is 15.2. The molecule has 2 amide bonds. The van der Waals surface area contributed by atoms with Crippen LogP contribution in [0.2, 0.25) is 5.02 Å². The largest absolute Gasteiger partial charge is 0.392 e. The monoisotopic (exact) mass is 616 g/mol. The van der Waals surface area contributed by atoms with Crippen molar-refractivity contribution in [3.63, 3.8) is 0 Å². The lowest BCUT2D eigenvalue weighted by atomic mass is 9.71. The number of aliphatic hydroxyl groups excluding tert-OH is 1. The average molecular weight is 617 g/mol. The number of halogens is 4. The molecule has 8 nitrogen and oxygen atoms in total. The lowest BCUT2D eigenvalue weighted by molar-refractivity contribution is -0.133. The van der Waals surface area contributed by atoms with E-state index >= 15 is 0 Å². The van der Waals surface area contributed by atoms with E-state index < -0.39 is 68.2 Å². The molecule has 2 fully saturated rings. The smallest absolute Gasteiger partial charge is 0.266 e. The number of rotatable bonds is 9. The molecule has 0 heterocycles. The molecule has 2 aliphatic carbocycles. The van der Waals surface area contributed by atoms with Gasteiger partial charge in [-0.3, -0.25) is 9.59 Å². The lowest BCUT2D eigenvalue weighted by Gasteiger charge is -2.42. The van der Waals surface area contributed by atoms with E-state index in [0.717, 1.165) is 24.3 Å². The Kier molecular flexibility index (Phi) is 9.08. The van der Waals surface area contributed by atoms with Crippen LogP contribution in [0.4, 0.5) is 18.9 Å². The number of aliphatic hydroxyl groups is 2. The van der Waals surface area contributed by atoms with Crippen LogP contribution in [0.3, 0.4) is 0 Å². The Hall–Kier alpha value is -2.67. The molecular formula is C28H32ClF3N2O6S. The number of fused-ring (bicyclic) bond motifs is 2. The Balaban J connectivity index is 1.54. The first-order valence-electron chi connectivity index (χ1n) is 13.2. The normalized spacial score (nSPS) is 26.6. The van der Waals surface area contributed by atoms with Crippen LogP contribution >= 0.6 is 11.6 Å². The van der Waals surface area contributed by atoms with Gasteiger partial charge in [0, 0.05) is 17.8 Å². The van der Waals surface area contributed by atoms with Crippen molar-refractivity contribution in [3.8, 4) is 0 Å². The van der Waals surface area contributed by atoms with Gasteiger partial charge in [0.1, 0.15) is 5.82 Å². The Bertz CT molecular complexity index is 1440. The predicted molar refractivity (Wildman–Crippen MR) is 146 cm³/mol. The quantitative estimate of drug-likeness (QED) is 0.328. The van der Waals surface area contributed by atoms with Gasteiger partial charge in [-0.25, -0.2) is 21.6 Å². The molecular weight excluding hydrogens is 585 g/mol. The van der Waals surface area contributed by atoms with Gasteiger partial charge < -0.3 is 20.8 Å². The summed E-state index contributed by atoms with van der Waals surface area (Å²) in [6.45, 7) is 3.46. The molecule has 2 aromatic rings. The zero-order valence-electron chi connectivity index (χ0n) is 22.4. The molecule has 0 radical (unpaired) electrons. The highest BCUT2D eigenvalue weighted by Crippen LogP contribution is 2.56. The summed E-state index contributed by atoms with van der Waals surface area (Å²) >= 11 is 6.28.